The second kappa shape index (κ2) is 5.08. The summed E-state index contributed by atoms with van der Waals surface area (Å²) in [6, 6.07) is 0. The van der Waals surface area contributed by atoms with Crippen LogP contribution in [0.4, 0.5) is 0 Å². The maximum atomic E-state index is 4.72. The van der Waals surface area contributed by atoms with Gasteiger partial charge in [-0.2, -0.15) is 5.10 Å². The first kappa shape index (κ1) is 13.2. The highest BCUT2D eigenvalue weighted by Gasteiger charge is 2.48. The molecule has 0 saturated heterocycles. The maximum Gasteiger partial charge on any atom is 0.147 e. The minimum Gasteiger partial charge on any atom is -0.348 e. The van der Waals surface area contributed by atoms with Gasteiger partial charge < -0.3 is 9.55 Å². The summed E-state index contributed by atoms with van der Waals surface area (Å²) in [5, 5.41) is 4.59. The molecule has 0 atom stereocenters. The van der Waals surface area contributed by atoms with Crippen LogP contribution in [-0.2, 0) is 24.9 Å². The average Bonchev–Trinajstić information content (AvgIpc) is 2.96. The molecule has 0 aromatic carbocycles. The smallest absolute Gasteiger partial charge is 0.147 e. The van der Waals surface area contributed by atoms with Gasteiger partial charge in [-0.25, -0.2) is 19.6 Å². The number of aryl methyl sites for hydroxylation is 3. The first-order valence-corrected chi connectivity index (χ1v) is 7.60. The lowest BCUT2D eigenvalue weighted by molar-refractivity contribution is 0.468. The Morgan fingerprint density at radius 1 is 1.32 bits per heavy atom. The number of imidazole rings is 2. The molecule has 0 unspecified atom stereocenters. The van der Waals surface area contributed by atoms with Gasteiger partial charge in [-0.15, -0.1) is 0 Å². The van der Waals surface area contributed by atoms with Gasteiger partial charge in [0, 0.05) is 49.2 Å². The Balaban J connectivity index is 1.56. The quantitative estimate of drug-likeness (QED) is 0.747. The van der Waals surface area contributed by atoms with Crippen LogP contribution in [-0.4, -0.2) is 34.3 Å². The largest absolute Gasteiger partial charge is 0.348 e. The average molecular weight is 297 g/mol. The van der Waals surface area contributed by atoms with E-state index in [0.717, 1.165) is 49.7 Å². The molecule has 0 spiro atoms. The van der Waals surface area contributed by atoms with Crippen molar-refractivity contribution in [3.05, 3.63) is 48.6 Å². The fraction of sp³-hybridized carbons (Fsp3) is 0.467. The zero-order valence-corrected chi connectivity index (χ0v) is 12.6. The second-order valence-corrected chi connectivity index (χ2v) is 6.05. The molecule has 1 aliphatic carbocycles. The van der Waals surface area contributed by atoms with Crippen molar-refractivity contribution in [2.75, 3.05) is 0 Å². The summed E-state index contributed by atoms with van der Waals surface area (Å²) in [5.74, 6) is 1.95. The summed E-state index contributed by atoms with van der Waals surface area (Å²) in [6.45, 7) is 3.71. The zero-order valence-electron chi connectivity index (χ0n) is 12.6. The van der Waals surface area contributed by atoms with Crippen LogP contribution in [0.15, 0.2) is 31.2 Å². The van der Waals surface area contributed by atoms with Crippen molar-refractivity contribution in [2.45, 2.75) is 44.7 Å². The maximum absolute atomic E-state index is 4.72. The molecule has 7 heteroatoms. The monoisotopic (exact) mass is 297 g/mol. The van der Waals surface area contributed by atoms with E-state index < -0.39 is 0 Å². The number of hydrogen-bond acceptors (Lipinski definition) is 4. The van der Waals surface area contributed by atoms with Crippen molar-refractivity contribution in [3.63, 3.8) is 0 Å². The Bertz CT molecular complexity index is 735. The molecule has 1 saturated carbocycles. The number of H-pyrrole nitrogens is 1. The first-order valence-electron chi connectivity index (χ1n) is 7.60. The highest BCUT2D eigenvalue weighted by molar-refractivity contribution is 5.19. The Labute approximate surface area is 128 Å². The van der Waals surface area contributed by atoms with Gasteiger partial charge in [-0.05, 0) is 19.8 Å². The van der Waals surface area contributed by atoms with E-state index in [9.17, 15) is 0 Å². The van der Waals surface area contributed by atoms with Crippen molar-refractivity contribution in [2.24, 2.45) is 0 Å². The predicted octanol–water partition coefficient (Wildman–Crippen LogP) is 1.48. The number of rotatable bonds is 6. The Morgan fingerprint density at radius 2 is 2.23 bits per heavy atom. The minimum atomic E-state index is 0.121. The summed E-state index contributed by atoms with van der Waals surface area (Å²) in [7, 11) is 0. The van der Waals surface area contributed by atoms with E-state index in [0.29, 0.717) is 0 Å². The lowest BCUT2D eigenvalue weighted by Gasteiger charge is -2.16. The Kier molecular flexibility index (Phi) is 3.06. The minimum absolute atomic E-state index is 0.121. The van der Waals surface area contributed by atoms with Gasteiger partial charge in [-0.3, -0.25) is 0 Å². The molecule has 1 aliphatic rings. The molecule has 3 heterocycles. The van der Waals surface area contributed by atoms with Crippen LogP contribution in [0.1, 0.15) is 30.2 Å². The van der Waals surface area contributed by atoms with Crippen LogP contribution in [0.3, 0.4) is 0 Å². The van der Waals surface area contributed by atoms with Gasteiger partial charge in [0.15, 0.2) is 0 Å². The van der Waals surface area contributed by atoms with Crippen LogP contribution < -0.4 is 0 Å². The van der Waals surface area contributed by atoms with Crippen molar-refractivity contribution in [1.82, 2.24) is 34.3 Å². The fourth-order valence-electron chi connectivity index (χ4n) is 2.98. The topological polar surface area (TPSA) is 77.2 Å². The number of aromatic nitrogens is 7. The van der Waals surface area contributed by atoms with E-state index in [1.165, 1.54) is 0 Å². The van der Waals surface area contributed by atoms with E-state index in [-0.39, 0.29) is 5.41 Å². The normalized spacial score (nSPS) is 16.0. The van der Waals surface area contributed by atoms with Gasteiger partial charge in [0.05, 0.1) is 12.7 Å². The molecule has 0 aliphatic heterocycles. The number of nitrogens with zero attached hydrogens (tertiary/aromatic N) is 6. The van der Waals surface area contributed by atoms with E-state index in [1.807, 2.05) is 31.8 Å². The van der Waals surface area contributed by atoms with E-state index in [4.69, 9.17) is 4.98 Å². The molecule has 0 bridgehead atoms. The summed E-state index contributed by atoms with van der Waals surface area (Å²) in [4.78, 5) is 16.1. The summed E-state index contributed by atoms with van der Waals surface area (Å²) < 4.78 is 4.20. The highest BCUT2D eigenvalue weighted by Crippen LogP contribution is 2.48. The summed E-state index contributed by atoms with van der Waals surface area (Å²) in [5.41, 5.74) is 1.24. The molecule has 3 aromatic heterocycles. The van der Waals surface area contributed by atoms with Gasteiger partial charge in [0.2, 0.25) is 0 Å². The SMILES string of the molecule is Cc1nc(C2(Cn3ccnc3)CC2)n(CCc2cnc[nH]2)n1. The zero-order chi connectivity index (χ0) is 15.0. The number of nitrogens with one attached hydrogen (secondary N) is 1. The van der Waals surface area contributed by atoms with Gasteiger partial charge in [0.25, 0.3) is 0 Å². The van der Waals surface area contributed by atoms with E-state index >= 15 is 0 Å². The molecule has 1 fully saturated rings. The molecule has 4 rings (SSSR count). The third-order valence-electron chi connectivity index (χ3n) is 4.30. The Morgan fingerprint density at radius 3 is 2.91 bits per heavy atom. The van der Waals surface area contributed by atoms with Crippen LogP contribution in [0.2, 0.25) is 0 Å². The fourth-order valence-corrected chi connectivity index (χ4v) is 2.98. The van der Waals surface area contributed by atoms with Crippen LogP contribution in [0.25, 0.3) is 0 Å². The van der Waals surface area contributed by atoms with Gasteiger partial charge >= 0.3 is 0 Å². The van der Waals surface area contributed by atoms with Crippen molar-refractivity contribution in [3.8, 4) is 0 Å². The lowest BCUT2D eigenvalue weighted by atomic mass is 10.1. The first-order chi connectivity index (χ1) is 10.8. The van der Waals surface area contributed by atoms with E-state index in [2.05, 4.69) is 29.3 Å². The van der Waals surface area contributed by atoms with Gasteiger partial charge in [0.1, 0.15) is 11.6 Å². The highest BCUT2D eigenvalue weighted by atomic mass is 15.4. The van der Waals surface area contributed by atoms with Crippen LogP contribution >= 0.6 is 0 Å². The van der Waals surface area contributed by atoms with Crippen molar-refractivity contribution >= 4 is 0 Å². The molecule has 3 aromatic rings. The van der Waals surface area contributed by atoms with Crippen molar-refractivity contribution in [1.29, 1.82) is 0 Å². The molecule has 1 N–H and O–H groups in total. The van der Waals surface area contributed by atoms with Crippen molar-refractivity contribution < 1.29 is 0 Å². The number of hydrogen-bond donors (Lipinski definition) is 1. The summed E-state index contributed by atoms with van der Waals surface area (Å²) >= 11 is 0. The third-order valence-corrected chi connectivity index (χ3v) is 4.30. The molecule has 0 radical (unpaired) electrons. The predicted molar refractivity (Wildman–Crippen MR) is 80.2 cm³/mol. The van der Waals surface area contributed by atoms with Gasteiger partial charge in [-0.1, -0.05) is 0 Å². The molecular weight excluding hydrogens is 278 g/mol. The molecule has 114 valence electrons. The molecule has 7 nitrogen and oxygen atoms in total. The molecule has 22 heavy (non-hydrogen) atoms. The van der Waals surface area contributed by atoms with Crippen LogP contribution in [0.5, 0.6) is 0 Å². The second-order valence-electron chi connectivity index (χ2n) is 6.05. The standard InChI is InChI=1S/C15H19N7/c1-12-19-14(15(3-4-15)9-21-7-5-16-11-21)22(20-12)6-2-13-8-17-10-18-13/h5,7-8,10-11H,2-4,6,9H2,1H3,(H,17,18). The molecule has 0 amide bonds. The summed E-state index contributed by atoms with van der Waals surface area (Å²) in [6.07, 6.45) is 12.5. The lowest BCUT2D eigenvalue weighted by Crippen LogP contribution is -2.22. The number of aromatic amines is 1. The molecular formula is C15H19N7. The third kappa shape index (κ3) is 2.43. The Hall–Kier alpha value is -2.44. The van der Waals surface area contributed by atoms with E-state index in [1.54, 1.807) is 6.33 Å². The van der Waals surface area contributed by atoms with Crippen LogP contribution in [0, 0.1) is 6.92 Å².